The van der Waals surface area contributed by atoms with Crippen LogP contribution in [0.2, 0.25) is 0 Å². The SMILES string of the molecule is CCCC(C)SOc1ccc2cc(-c3ccccc3)oc2c1. The van der Waals surface area contributed by atoms with E-state index in [9.17, 15) is 0 Å². The monoisotopic (exact) mass is 312 g/mol. The molecule has 0 saturated heterocycles. The van der Waals surface area contributed by atoms with E-state index in [1.54, 1.807) is 0 Å². The number of hydrogen-bond donors (Lipinski definition) is 0. The molecule has 0 saturated carbocycles. The van der Waals surface area contributed by atoms with Crippen molar-refractivity contribution in [2.75, 3.05) is 0 Å². The van der Waals surface area contributed by atoms with Crippen molar-refractivity contribution in [1.82, 2.24) is 0 Å². The summed E-state index contributed by atoms with van der Waals surface area (Å²) in [5.74, 6) is 1.73. The van der Waals surface area contributed by atoms with Crippen molar-refractivity contribution in [1.29, 1.82) is 0 Å². The number of hydrogen-bond acceptors (Lipinski definition) is 3. The third kappa shape index (κ3) is 3.47. The highest BCUT2D eigenvalue weighted by molar-refractivity contribution is 7.95. The molecule has 1 heterocycles. The summed E-state index contributed by atoms with van der Waals surface area (Å²) in [7, 11) is 0. The number of rotatable bonds is 6. The summed E-state index contributed by atoms with van der Waals surface area (Å²) >= 11 is 1.52. The van der Waals surface area contributed by atoms with Crippen LogP contribution in [0.15, 0.2) is 59.0 Å². The van der Waals surface area contributed by atoms with Gasteiger partial charge in [-0.1, -0.05) is 50.6 Å². The average molecular weight is 312 g/mol. The minimum Gasteiger partial charge on any atom is -0.456 e. The van der Waals surface area contributed by atoms with Gasteiger partial charge in [0.25, 0.3) is 0 Å². The molecule has 2 nitrogen and oxygen atoms in total. The van der Waals surface area contributed by atoms with E-state index < -0.39 is 0 Å². The first-order valence-corrected chi connectivity index (χ1v) is 8.49. The molecule has 114 valence electrons. The first-order valence-electron chi connectivity index (χ1n) is 7.68. The summed E-state index contributed by atoms with van der Waals surface area (Å²) in [6.07, 6.45) is 2.33. The Bertz CT molecular complexity index is 734. The van der Waals surface area contributed by atoms with Gasteiger partial charge < -0.3 is 8.60 Å². The Morgan fingerprint density at radius 3 is 2.68 bits per heavy atom. The second kappa shape index (κ2) is 6.93. The Balaban J connectivity index is 1.79. The smallest absolute Gasteiger partial charge is 0.141 e. The maximum absolute atomic E-state index is 5.96. The molecular formula is C19H20O2S. The van der Waals surface area contributed by atoms with E-state index >= 15 is 0 Å². The van der Waals surface area contributed by atoms with Crippen LogP contribution in [0.4, 0.5) is 0 Å². The van der Waals surface area contributed by atoms with E-state index in [4.69, 9.17) is 8.60 Å². The van der Waals surface area contributed by atoms with Crippen LogP contribution >= 0.6 is 12.0 Å². The van der Waals surface area contributed by atoms with Crippen LogP contribution in [0.25, 0.3) is 22.3 Å². The third-order valence-electron chi connectivity index (χ3n) is 3.55. The van der Waals surface area contributed by atoms with Gasteiger partial charge in [-0.25, -0.2) is 0 Å². The maximum atomic E-state index is 5.96. The highest BCUT2D eigenvalue weighted by atomic mass is 32.2. The zero-order valence-corrected chi connectivity index (χ0v) is 13.7. The summed E-state index contributed by atoms with van der Waals surface area (Å²) in [6, 6.07) is 18.2. The summed E-state index contributed by atoms with van der Waals surface area (Å²) < 4.78 is 11.8. The molecule has 0 N–H and O–H groups in total. The molecule has 0 aliphatic heterocycles. The van der Waals surface area contributed by atoms with Gasteiger partial charge in [0.2, 0.25) is 0 Å². The topological polar surface area (TPSA) is 22.4 Å². The Kier molecular flexibility index (Phi) is 4.74. The average Bonchev–Trinajstić information content (AvgIpc) is 2.97. The lowest BCUT2D eigenvalue weighted by Crippen LogP contribution is -1.97. The van der Waals surface area contributed by atoms with Gasteiger partial charge in [-0.05, 0) is 24.6 Å². The molecule has 22 heavy (non-hydrogen) atoms. The Morgan fingerprint density at radius 2 is 1.91 bits per heavy atom. The molecule has 3 rings (SSSR count). The molecule has 0 aliphatic rings. The van der Waals surface area contributed by atoms with E-state index in [-0.39, 0.29) is 0 Å². The number of fused-ring (bicyclic) bond motifs is 1. The van der Waals surface area contributed by atoms with E-state index in [1.165, 1.54) is 18.5 Å². The molecule has 0 bridgehead atoms. The van der Waals surface area contributed by atoms with E-state index in [0.29, 0.717) is 5.25 Å². The molecule has 1 aromatic heterocycles. The molecule has 3 heteroatoms. The van der Waals surface area contributed by atoms with Crippen molar-refractivity contribution < 1.29 is 8.60 Å². The lowest BCUT2D eigenvalue weighted by atomic mass is 10.1. The minimum absolute atomic E-state index is 0.497. The molecule has 1 atom stereocenters. The molecular weight excluding hydrogens is 292 g/mol. The van der Waals surface area contributed by atoms with Crippen molar-refractivity contribution in [2.45, 2.75) is 31.9 Å². The molecule has 0 amide bonds. The number of furan rings is 1. The van der Waals surface area contributed by atoms with Gasteiger partial charge in [-0.2, -0.15) is 0 Å². The lowest BCUT2D eigenvalue weighted by Gasteiger charge is -2.09. The summed E-state index contributed by atoms with van der Waals surface area (Å²) in [4.78, 5) is 0. The molecule has 0 spiro atoms. The second-order valence-electron chi connectivity index (χ2n) is 5.46. The van der Waals surface area contributed by atoms with Gasteiger partial charge in [-0.3, -0.25) is 0 Å². The van der Waals surface area contributed by atoms with Crippen LogP contribution < -0.4 is 4.18 Å². The van der Waals surface area contributed by atoms with Crippen LogP contribution in [0, 0.1) is 0 Å². The van der Waals surface area contributed by atoms with E-state index in [0.717, 1.165) is 34.5 Å². The van der Waals surface area contributed by atoms with E-state index in [2.05, 4.69) is 32.0 Å². The summed E-state index contributed by atoms with van der Waals surface area (Å²) in [6.45, 7) is 4.38. The van der Waals surface area contributed by atoms with Crippen LogP contribution in [-0.2, 0) is 0 Å². The Morgan fingerprint density at radius 1 is 1.09 bits per heavy atom. The lowest BCUT2D eigenvalue weighted by molar-refractivity contribution is 0.612. The fraction of sp³-hybridized carbons (Fsp3) is 0.263. The molecule has 0 fully saturated rings. The molecule has 3 aromatic rings. The molecule has 1 unspecified atom stereocenters. The predicted octanol–water partition coefficient (Wildman–Crippen LogP) is 6.32. The fourth-order valence-electron chi connectivity index (χ4n) is 2.40. The van der Waals surface area contributed by atoms with Gasteiger partial charge in [0.05, 0.1) is 12.0 Å². The van der Waals surface area contributed by atoms with Gasteiger partial charge in [0, 0.05) is 22.3 Å². The first-order chi connectivity index (χ1) is 10.8. The van der Waals surface area contributed by atoms with Crippen LogP contribution in [0.3, 0.4) is 0 Å². The standard InChI is InChI=1S/C19H20O2S/c1-3-7-14(2)22-21-17-11-10-16-12-18(20-19(16)13-17)15-8-5-4-6-9-15/h4-6,8-14H,3,7H2,1-2H3. The van der Waals surface area contributed by atoms with Gasteiger partial charge >= 0.3 is 0 Å². The molecule has 2 aromatic carbocycles. The normalized spacial score (nSPS) is 12.5. The number of benzene rings is 2. The van der Waals surface area contributed by atoms with Gasteiger partial charge in [0.15, 0.2) is 0 Å². The predicted molar refractivity (Wildman–Crippen MR) is 94.2 cm³/mol. The van der Waals surface area contributed by atoms with Crippen LogP contribution in [0.1, 0.15) is 26.7 Å². The second-order valence-corrected chi connectivity index (χ2v) is 6.62. The highest BCUT2D eigenvalue weighted by Crippen LogP contribution is 2.31. The van der Waals surface area contributed by atoms with Crippen molar-refractivity contribution in [3.63, 3.8) is 0 Å². The van der Waals surface area contributed by atoms with E-state index in [1.807, 2.05) is 36.4 Å². The van der Waals surface area contributed by atoms with Gasteiger partial charge in [0.1, 0.15) is 17.1 Å². The van der Waals surface area contributed by atoms with Crippen molar-refractivity contribution in [3.8, 4) is 17.1 Å². The highest BCUT2D eigenvalue weighted by Gasteiger charge is 2.08. The zero-order chi connectivity index (χ0) is 15.4. The molecule has 0 radical (unpaired) electrons. The van der Waals surface area contributed by atoms with Gasteiger partial charge in [-0.15, -0.1) is 0 Å². The molecule has 0 aliphatic carbocycles. The largest absolute Gasteiger partial charge is 0.456 e. The quantitative estimate of drug-likeness (QED) is 0.498. The fourth-order valence-corrected chi connectivity index (χ4v) is 3.11. The van der Waals surface area contributed by atoms with Crippen LogP contribution in [-0.4, -0.2) is 5.25 Å². The Labute approximate surface area is 135 Å². The summed E-state index contributed by atoms with van der Waals surface area (Å²) in [5.41, 5.74) is 1.95. The van der Waals surface area contributed by atoms with Crippen LogP contribution in [0.5, 0.6) is 5.75 Å². The van der Waals surface area contributed by atoms with Crippen molar-refractivity contribution in [3.05, 3.63) is 54.6 Å². The van der Waals surface area contributed by atoms with Crippen molar-refractivity contribution in [2.24, 2.45) is 0 Å². The zero-order valence-electron chi connectivity index (χ0n) is 12.9. The third-order valence-corrected chi connectivity index (χ3v) is 4.41. The van der Waals surface area contributed by atoms with Crippen molar-refractivity contribution >= 4 is 23.0 Å². The summed E-state index contributed by atoms with van der Waals surface area (Å²) in [5, 5.41) is 1.59. The first kappa shape index (κ1) is 15.0. The maximum Gasteiger partial charge on any atom is 0.141 e. The Hall–Kier alpha value is -1.87. The minimum atomic E-state index is 0.497.